The van der Waals surface area contributed by atoms with Gasteiger partial charge in [-0.3, -0.25) is 0 Å². The third-order valence-corrected chi connectivity index (χ3v) is 13.2. The molecule has 10 heteroatoms. The molecule has 8 nitrogen and oxygen atoms in total. The van der Waals surface area contributed by atoms with E-state index in [9.17, 15) is 16.8 Å². The Bertz CT molecular complexity index is 2060. The van der Waals surface area contributed by atoms with Gasteiger partial charge in [0.2, 0.25) is 5.90 Å². The van der Waals surface area contributed by atoms with Crippen LogP contribution in [0, 0.1) is 19.8 Å². The van der Waals surface area contributed by atoms with E-state index in [0.29, 0.717) is 74.0 Å². The van der Waals surface area contributed by atoms with E-state index in [1.807, 2.05) is 98.8 Å². The van der Waals surface area contributed by atoms with Crippen molar-refractivity contribution < 1.29 is 26.3 Å². The molecule has 0 fully saturated rings. The molecule has 268 valence electrons. The van der Waals surface area contributed by atoms with Gasteiger partial charge in [0.15, 0.2) is 25.6 Å². The molecule has 0 aromatic heterocycles. The summed E-state index contributed by atoms with van der Waals surface area (Å²) in [5.41, 5.74) is 4.56. The maximum Gasteiger partial charge on any atom is 0.218 e. The summed E-state index contributed by atoms with van der Waals surface area (Å²) in [6.07, 6.45) is 3.71. The summed E-state index contributed by atoms with van der Waals surface area (Å²) in [6.45, 7) is 4.68. The maximum atomic E-state index is 13.8. The molecular formula is C41H46N2O6S2. The summed E-state index contributed by atoms with van der Waals surface area (Å²) >= 11 is 0. The van der Waals surface area contributed by atoms with E-state index in [1.165, 1.54) is 0 Å². The molecule has 4 aromatic carbocycles. The smallest absolute Gasteiger partial charge is 0.218 e. The van der Waals surface area contributed by atoms with Crippen molar-refractivity contribution in [3.05, 3.63) is 131 Å². The fourth-order valence-corrected chi connectivity index (χ4v) is 9.57. The second kappa shape index (κ2) is 16.4. The minimum absolute atomic E-state index is 0.0139. The molecule has 0 saturated carbocycles. The highest BCUT2D eigenvalue weighted by Gasteiger charge is 2.29. The second-order valence-electron chi connectivity index (χ2n) is 13.5. The van der Waals surface area contributed by atoms with Crippen LogP contribution in [0.2, 0.25) is 0 Å². The van der Waals surface area contributed by atoms with Crippen LogP contribution in [0.5, 0.6) is 0 Å². The molecule has 0 bridgehead atoms. The molecule has 2 aliphatic heterocycles. The number of aliphatic imine (C=N–C) groups is 2. The normalized spacial score (nSPS) is 18.1. The summed E-state index contributed by atoms with van der Waals surface area (Å²) in [5.74, 6) is 1.06. The third-order valence-electron chi connectivity index (χ3n) is 9.55. The molecule has 4 aromatic rings. The summed E-state index contributed by atoms with van der Waals surface area (Å²) in [7, 11) is -7.02. The average molecular weight is 727 g/mol. The average Bonchev–Trinajstić information content (AvgIpc) is 3.83. The quantitative estimate of drug-likeness (QED) is 0.108. The molecule has 51 heavy (non-hydrogen) atoms. The Hall–Kier alpha value is -4.28. The van der Waals surface area contributed by atoms with Gasteiger partial charge in [-0.15, -0.1) is 0 Å². The van der Waals surface area contributed by atoms with Crippen LogP contribution in [0.1, 0.15) is 78.4 Å². The molecular weight excluding hydrogens is 681 g/mol. The number of unbranched alkanes of at least 4 members (excludes halogenated alkanes) is 2. The highest BCUT2D eigenvalue weighted by Crippen LogP contribution is 2.31. The van der Waals surface area contributed by atoms with E-state index in [1.54, 1.807) is 18.2 Å². The van der Waals surface area contributed by atoms with Crippen LogP contribution < -0.4 is 0 Å². The predicted octanol–water partition coefficient (Wildman–Crippen LogP) is 8.20. The van der Waals surface area contributed by atoms with Gasteiger partial charge in [-0.2, -0.15) is 0 Å². The van der Waals surface area contributed by atoms with Crippen LogP contribution in [-0.2, 0) is 29.1 Å². The first-order valence-corrected chi connectivity index (χ1v) is 21.0. The number of nitrogens with zero attached hydrogens (tertiary/aromatic N) is 2. The zero-order chi connectivity index (χ0) is 35.8. The maximum absolute atomic E-state index is 13.8. The number of rotatable bonds is 16. The van der Waals surface area contributed by atoms with E-state index in [-0.39, 0.29) is 34.4 Å². The van der Waals surface area contributed by atoms with E-state index in [4.69, 9.17) is 19.5 Å². The third kappa shape index (κ3) is 9.34. The fraction of sp³-hybridized carbons (Fsp3) is 0.366. The second-order valence-corrected chi connectivity index (χ2v) is 17.7. The summed E-state index contributed by atoms with van der Waals surface area (Å²) < 4.78 is 65.6. The van der Waals surface area contributed by atoms with E-state index in [2.05, 4.69) is 0 Å². The number of hydrogen-bond acceptors (Lipinski definition) is 8. The first-order valence-electron chi connectivity index (χ1n) is 17.7. The zero-order valence-electron chi connectivity index (χ0n) is 29.3. The van der Waals surface area contributed by atoms with Crippen molar-refractivity contribution in [2.75, 3.05) is 24.7 Å². The largest absolute Gasteiger partial charge is 0.478 e. The van der Waals surface area contributed by atoms with Crippen molar-refractivity contribution in [1.29, 1.82) is 0 Å². The van der Waals surface area contributed by atoms with Crippen molar-refractivity contribution in [2.45, 2.75) is 74.2 Å². The molecule has 0 spiro atoms. The minimum atomic E-state index is -3.64. The van der Waals surface area contributed by atoms with Crippen LogP contribution >= 0.6 is 0 Å². The molecule has 0 saturated heterocycles. The van der Waals surface area contributed by atoms with E-state index >= 15 is 0 Å². The molecule has 0 radical (unpaired) electrons. The Morgan fingerprint density at radius 3 is 1.80 bits per heavy atom. The molecule has 2 aliphatic rings. The number of benzene rings is 4. The molecule has 3 atom stereocenters. The molecule has 0 aliphatic carbocycles. The standard InChI is InChI=1S/C41H46N2O6S2/c1-30-19-22-35(23-20-30)50(44,45)25-11-9-17-34(40-42-37(28-48-40)32-13-5-3-6-14-32)18-10-12-26-51(46,47)39-24-21-31(2)27-36(39)41-43-38(29-49-41)33-15-7-4-8-16-33/h3-8,13-16,19-24,27,34,37-38H,9-12,17-18,25-26,28-29H2,1-2H3/t34?,37-,38-/m1/s1. The minimum Gasteiger partial charge on any atom is -0.478 e. The number of sulfone groups is 2. The van der Waals surface area contributed by atoms with Crippen molar-refractivity contribution in [3.63, 3.8) is 0 Å². The van der Waals surface area contributed by atoms with Gasteiger partial charge < -0.3 is 9.47 Å². The molecule has 1 unspecified atom stereocenters. The lowest BCUT2D eigenvalue weighted by atomic mass is 9.96. The highest BCUT2D eigenvalue weighted by molar-refractivity contribution is 7.91. The summed E-state index contributed by atoms with van der Waals surface area (Å²) in [6, 6.07) is 31.9. The molecule has 0 amide bonds. The van der Waals surface area contributed by atoms with Crippen molar-refractivity contribution in [1.82, 2.24) is 0 Å². The zero-order valence-corrected chi connectivity index (χ0v) is 30.9. The molecule has 6 rings (SSSR count). The Morgan fingerprint density at radius 2 is 1.18 bits per heavy atom. The fourth-order valence-electron chi connectivity index (χ4n) is 6.64. The molecule has 2 heterocycles. The lowest BCUT2D eigenvalue weighted by Gasteiger charge is -2.17. The topological polar surface area (TPSA) is 111 Å². The van der Waals surface area contributed by atoms with Crippen LogP contribution in [0.15, 0.2) is 123 Å². The number of ether oxygens (including phenoxy) is 2. The van der Waals surface area contributed by atoms with E-state index < -0.39 is 19.7 Å². The number of aryl methyl sites for hydroxylation is 2. The number of hydrogen-bond donors (Lipinski definition) is 0. The Kier molecular flexibility index (Phi) is 11.7. The van der Waals surface area contributed by atoms with Gasteiger partial charge in [0, 0.05) is 5.92 Å². The monoisotopic (exact) mass is 726 g/mol. The van der Waals surface area contributed by atoms with Gasteiger partial charge in [0.1, 0.15) is 25.3 Å². The van der Waals surface area contributed by atoms with Crippen molar-refractivity contribution in [2.24, 2.45) is 15.9 Å². The van der Waals surface area contributed by atoms with Gasteiger partial charge in [0.05, 0.1) is 26.9 Å². The molecule has 0 N–H and O–H groups in total. The van der Waals surface area contributed by atoms with Crippen LogP contribution in [-0.4, -0.2) is 53.4 Å². The predicted molar refractivity (Wildman–Crippen MR) is 202 cm³/mol. The van der Waals surface area contributed by atoms with Gasteiger partial charge in [-0.25, -0.2) is 26.8 Å². The van der Waals surface area contributed by atoms with Gasteiger partial charge in [-0.1, -0.05) is 103 Å². The van der Waals surface area contributed by atoms with Gasteiger partial charge >= 0.3 is 0 Å². The van der Waals surface area contributed by atoms with Crippen molar-refractivity contribution in [3.8, 4) is 0 Å². The summed E-state index contributed by atoms with van der Waals surface area (Å²) in [4.78, 5) is 10.3. The van der Waals surface area contributed by atoms with Crippen LogP contribution in [0.25, 0.3) is 0 Å². The first-order chi connectivity index (χ1) is 24.6. The first kappa shape index (κ1) is 36.5. The van der Waals surface area contributed by atoms with Crippen LogP contribution in [0.3, 0.4) is 0 Å². The summed E-state index contributed by atoms with van der Waals surface area (Å²) in [5, 5.41) is 0. The van der Waals surface area contributed by atoms with Crippen LogP contribution in [0.4, 0.5) is 0 Å². The lowest BCUT2D eigenvalue weighted by molar-refractivity contribution is 0.290. The highest BCUT2D eigenvalue weighted by atomic mass is 32.2. The Labute approximate surface area is 302 Å². The lowest BCUT2D eigenvalue weighted by Crippen LogP contribution is -2.17. The Morgan fingerprint density at radius 1 is 0.627 bits per heavy atom. The SMILES string of the molecule is Cc1ccc(S(=O)(=O)CCCCC(CCCCS(=O)(=O)c2ccc(C)cc2C2=N[C@@H](c3ccccc3)CO2)C2=N[C@@H](c3ccccc3)CO2)cc1. The van der Waals surface area contributed by atoms with Gasteiger partial charge in [-0.05, 0) is 74.9 Å². The van der Waals surface area contributed by atoms with Gasteiger partial charge in [0.25, 0.3) is 0 Å². The van der Waals surface area contributed by atoms with Crippen molar-refractivity contribution >= 4 is 31.5 Å². The Balaban J connectivity index is 1.10. The van der Waals surface area contributed by atoms with E-state index in [0.717, 1.165) is 22.3 Å².